The van der Waals surface area contributed by atoms with Crippen molar-refractivity contribution in [1.82, 2.24) is 9.55 Å². The molecule has 1 aliphatic carbocycles. The van der Waals surface area contributed by atoms with Crippen molar-refractivity contribution in [3.8, 4) is 0 Å². The maximum Gasteiger partial charge on any atom is 0.338 e. The maximum atomic E-state index is 13.2. The third-order valence-electron chi connectivity index (χ3n) is 5.21. The van der Waals surface area contributed by atoms with E-state index in [0.29, 0.717) is 18.0 Å². The van der Waals surface area contributed by atoms with Crippen LogP contribution in [0.15, 0.2) is 35.4 Å². The molecule has 2 aromatic heterocycles. The van der Waals surface area contributed by atoms with Gasteiger partial charge in [0.05, 0.1) is 29.9 Å². The van der Waals surface area contributed by atoms with Gasteiger partial charge < -0.3 is 4.74 Å². The predicted molar refractivity (Wildman–Crippen MR) is 111 cm³/mol. The Hall–Kier alpha value is -2.47. The standard InChI is InChI=1S/C22H24N2O3S/c1-13(2)27-22(26)16-9-7-15(8-10-16)11-24-12-23-20-19(21(24)25)18-14(3)5-4-6-17(18)28-20/h7-10,12-14H,4-6,11H2,1-3H3. The zero-order valence-corrected chi connectivity index (χ0v) is 17.2. The minimum atomic E-state index is -0.333. The SMILES string of the molecule is CC(C)OC(=O)c1ccc(Cn2cnc3sc4c(c3c2=O)C(C)CCC4)cc1. The lowest BCUT2D eigenvalue weighted by Crippen LogP contribution is -2.22. The molecule has 6 heteroatoms. The number of hydrogen-bond donors (Lipinski definition) is 0. The number of rotatable bonds is 4. The van der Waals surface area contributed by atoms with Gasteiger partial charge in [0.2, 0.25) is 0 Å². The molecule has 146 valence electrons. The lowest BCUT2D eigenvalue weighted by molar-refractivity contribution is 0.0378. The van der Waals surface area contributed by atoms with E-state index in [9.17, 15) is 9.59 Å². The summed E-state index contributed by atoms with van der Waals surface area (Å²) < 4.78 is 6.88. The summed E-state index contributed by atoms with van der Waals surface area (Å²) in [6, 6.07) is 7.20. The number of hydrogen-bond acceptors (Lipinski definition) is 5. The summed E-state index contributed by atoms with van der Waals surface area (Å²) in [6.07, 6.45) is 4.84. The van der Waals surface area contributed by atoms with E-state index < -0.39 is 0 Å². The topological polar surface area (TPSA) is 61.2 Å². The van der Waals surface area contributed by atoms with Gasteiger partial charge in [-0.15, -0.1) is 11.3 Å². The van der Waals surface area contributed by atoms with Crippen LogP contribution in [0.4, 0.5) is 0 Å². The van der Waals surface area contributed by atoms with Crippen LogP contribution in [0.2, 0.25) is 0 Å². The van der Waals surface area contributed by atoms with Crippen LogP contribution in [0.25, 0.3) is 10.2 Å². The first-order chi connectivity index (χ1) is 13.4. The number of fused-ring (bicyclic) bond motifs is 3. The van der Waals surface area contributed by atoms with Gasteiger partial charge in [-0.1, -0.05) is 19.1 Å². The third kappa shape index (κ3) is 3.49. The molecule has 1 aliphatic rings. The minimum Gasteiger partial charge on any atom is -0.459 e. The molecule has 0 bridgehead atoms. The van der Waals surface area contributed by atoms with Gasteiger partial charge >= 0.3 is 5.97 Å². The number of ether oxygens (including phenoxy) is 1. The molecule has 3 aromatic rings. The first-order valence-electron chi connectivity index (χ1n) is 9.74. The quantitative estimate of drug-likeness (QED) is 0.609. The number of benzene rings is 1. The zero-order valence-electron chi connectivity index (χ0n) is 16.4. The maximum absolute atomic E-state index is 13.2. The molecule has 5 nitrogen and oxygen atoms in total. The Morgan fingerprint density at radius 3 is 2.79 bits per heavy atom. The van der Waals surface area contributed by atoms with E-state index in [-0.39, 0.29) is 17.6 Å². The van der Waals surface area contributed by atoms with Gasteiger partial charge in [0.15, 0.2) is 0 Å². The fourth-order valence-corrected chi connectivity index (χ4v) is 5.14. The van der Waals surface area contributed by atoms with Crippen molar-refractivity contribution in [2.75, 3.05) is 0 Å². The van der Waals surface area contributed by atoms with E-state index >= 15 is 0 Å². The normalized spacial score (nSPS) is 16.4. The highest BCUT2D eigenvalue weighted by Crippen LogP contribution is 2.39. The van der Waals surface area contributed by atoms with Crippen molar-refractivity contribution < 1.29 is 9.53 Å². The monoisotopic (exact) mass is 396 g/mol. The van der Waals surface area contributed by atoms with Gasteiger partial charge in [0.25, 0.3) is 5.56 Å². The summed E-state index contributed by atoms with van der Waals surface area (Å²) in [5.41, 5.74) is 2.70. The van der Waals surface area contributed by atoms with Gasteiger partial charge in [-0.3, -0.25) is 9.36 Å². The highest BCUT2D eigenvalue weighted by Gasteiger charge is 2.24. The molecule has 28 heavy (non-hydrogen) atoms. The predicted octanol–water partition coefficient (Wildman–Crippen LogP) is 4.51. The third-order valence-corrected chi connectivity index (χ3v) is 6.38. The number of esters is 1. The van der Waals surface area contributed by atoms with Gasteiger partial charge in [0, 0.05) is 4.88 Å². The number of aromatic nitrogens is 2. The van der Waals surface area contributed by atoms with E-state index in [1.54, 1.807) is 34.4 Å². The average Bonchev–Trinajstić information content (AvgIpc) is 3.05. The van der Waals surface area contributed by atoms with Gasteiger partial charge in [-0.05, 0) is 62.3 Å². The molecule has 0 fully saturated rings. The first-order valence-corrected chi connectivity index (χ1v) is 10.6. The van der Waals surface area contributed by atoms with E-state index in [1.165, 1.54) is 16.9 Å². The molecule has 0 amide bonds. The Balaban J connectivity index is 1.63. The Kier molecular flexibility index (Phi) is 5.06. The van der Waals surface area contributed by atoms with E-state index in [0.717, 1.165) is 28.6 Å². The van der Waals surface area contributed by atoms with Crippen molar-refractivity contribution in [3.63, 3.8) is 0 Å². The smallest absolute Gasteiger partial charge is 0.338 e. The number of thiophene rings is 1. The summed E-state index contributed by atoms with van der Waals surface area (Å²) >= 11 is 1.67. The van der Waals surface area contributed by atoms with Crippen molar-refractivity contribution in [2.24, 2.45) is 0 Å². The van der Waals surface area contributed by atoms with Crippen LogP contribution in [0, 0.1) is 0 Å². The van der Waals surface area contributed by atoms with Gasteiger partial charge in [-0.25, -0.2) is 9.78 Å². The van der Waals surface area contributed by atoms with Crippen molar-refractivity contribution >= 4 is 27.5 Å². The summed E-state index contributed by atoms with van der Waals surface area (Å²) in [5, 5.41) is 0.798. The molecular formula is C22H24N2O3S. The second-order valence-electron chi connectivity index (χ2n) is 7.74. The van der Waals surface area contributed by atoms with Crippen molar-refractivity contribution in [1.29, 1.82) is 0 Å². The van der Waals surface area contributed by atoms with Gasteiger partial charge in [0.1, 0.15) is 4.83 Å². The molecule has 0 saturated carbocycles. The molecule has 1 unspecified atom stereocenters. The Morgan fingerprint density at radius 2 is 2.07 bits per heavy atom. The molecule has 0 saturated heterocycles. The van der Waals surface area contributed by atoms with Crippen LogP contribution in [-0.2, 0) is 17.7 Å². The average molecular weight is 397 g/mol. The number of aryl methyl sites for hydroxylation is 1. The van der Waals surface area contributed by atoms with Gasteiger partial charge in [-0.2, -0.15) is 0 Å². The van der Waals surface area contributed by atoms with E-state index in [4.69, 9.17) is 4.74 Å². The number of nitrogens with zero attached hydrogens (tertiary/aromatic N) is 2. The number of carbonyl (C=O) groups excluding carboxylic acids is 1. The Labute approximate surface area is 168 Å². The Morgan fingerprint density at radius 1 is 1.32 bits per heavy atom. The highest BCUT2D eigenvalue weighted by atomic mass is 32.1. The summed E-state index contributed by atoms with van der Waals surface area (Å²) in [4.78, 5) is 31.9. The lowest BCUT2D eigenvalue weighted by atomic mass is 9.88. The molecule has 1 aromatic carbocycles. The minimum absolute atomic E-state index is 0.0274. The molecule has 0 aliphatic heterocycles. The van der Waals surface area contributed by atoms with Crippen LogP contribution < -0.4 is 5.56 Å². The van der Waals surface area contributed by atoms with Crippen LogP contribution in [-0.4, -0.2) is 21.6 Å². The first kappa shape index (κ1) is 18.9. The second kappa shape index (κ2) is 7.51. The molecule has 4 rings (SSSR count). The van der Waals surface area contributed by atoms with Crippen LogP contribution in [0.5, 0.6) is 0 Å². The van der Waals surface area contributed by atoms with Crippen LogP contribution >= 0.6 is 11.3 Å². The van der Waals surface area contributed by atoms with Crippen LogP contribution in [0.3, 0.4) is 0 Å². The Bertz CT molecular complexity index is 1080. The highest BCUT2D eigenvalue weighted by molar-refractivity contribution is 7.18. The summed E-state index contributed by atoms with van der Waals surface area (Å²) in [7, 11) is 0. The van der Waals surface area contributed by atoms with E-state index in [2.05, 4.69) is 11.9 Å². The molecule has 1 atom stereocenters. The fourth-order valence-electron chi connectivity index (χ4n) is 3.85. The number of carbonyl (C=O) groups is 1. The molecule has 2 heterocycles. The zero-order chi connectivity index (χ0) is 19.8. The largest absolute Gasteiger partial charge is 0.459 e. The summed E-state index contributed by atoms with van der Waals surface area (Å²) in [5.74, 6) is 0.0785. The van der Waals surface area contributed by atoms with E-state index in [1.807, 2.05) is 26.0 Å². The lowest BCUT2D eigenvalue weighted by Gasteiger charge is -2.18. The second-order valence-corrected chi connectivity index (χ2v) is 8.82. The fraction of sp³-hybridized carbons (Fsp3) is 0.409. The molecule has 0 radical (unpaired) electrons. The molecule has 0 N–H and O–H groups in total. The van der Waals surface area contributed by atoms with Crippen molar-refractivity contribution in [2.45, 2.75) is 58.6 Å². The molecule has 0 spiro atoms. The summed E-state index contributed by atoms with van der Waals surface area (Å²) in [6.45, 7) is 6.29. The molecular weight excluding hydrogens is 372 g/mol. The van der Waals surface area contributed by atoms with Crippen LogP contribution in [0.1, 0.15) is 65.9 Å². The van der Waals surface area contributed by atoms with Crippen molar-refractivity contribution in [3.05, 3.63) is 62.5 Å².